The number of aliphatic hydroxyl groups is 1. The number of rotatable bonds is 2. The molecule has 84 valence electrons. The first-order chi connectivity index (χ1) is 6.21. The maximum absolute atomic E-state index is 12.0. The minimum Gasteiger partial charge on any atom is -0.382 e. The summed E-state index contributed by atoms with van der Waals surface area (Å²) in [5.41, 5.74) is 0.0747. The molecule has 5 heteroatoms. The van der Waals surface area contributed by atoms with Gasteiger partial charge in [-0.2, -0.15) is 13.2 Å². The average Bonchev–Trinajstić information content (AvgIpc) is 2.28. The van der Waals surface area contributed by atoms with Crippen LogP contribution in [0.2, 0.25) is 0 Å². The molecular weight excluding hydrogens is 195 g/mol. The molecule has 1 atom stereocenters. The zero-order valence-corrected chi connectivity index (χ0v) is 8.43. The average molecular weight is 211 g/mol. The highest BCUT2D eigenvalue weighted by Gasteiger charge is 2.41. The molecule has 14 heavy (non-hydrogen) atoms. The summed E-state index contributed by atoms with van der Waals surface area (Å²) in [7, 11) is 0. The monoisotopic (exact) mass is 211 g/mol. The largest absolute Gasteiger partial charge is 0.415 e. The molecule has 0 aromatic carbocycles. The summed E-state index contributed by atoms with van der Waals surface area (Å²) >= 11 is 0. The molecule has 0 spiro atoms. The predicted octanol–water partition coefficient (Wildman–Crippen LogP) is 1.64. The van der Waals surface area contributed by atoms with Crippen molar-refractivity contribution in [3.8, 4) is 0 Å². The maximum atomic E-state index is 12.0. The molecule has 1 aliphatic rings. The molecule has 1 saturated heterocycles. The first-order valence-corrected chi connectivity index (χ1v) is 4.68. The van der Waals surface area contributed by atoms with Gasteiger partial charge in [0, 0.05) is 13.1 Å². The molecule has 1 fully saturated rings. The predicted molar refractivity (Wildman–Crippen MR) is 46.9 cm³/mol. The van der Waals surface area contributed by atoms with Crippen molar-refractivity contribution in [2.75, 3.05) is 19.6 Å². The van der Waals surface area contributed by atoms with Gasteiger partial charge in [-0.15, -0.1) is 0 Å². The van der Waals surface area contributed by atoms with Crippen LogP contribution in [0, 0.1) is 5.41 Å². The van der Waals surface area contributed by atoms with Gasteiger partial charge in [-0.25, -0.2) is 0 Å². The lowest BCUT2D eigenvalue weighted by Gasteiger charge is -2.23. The van der Waals surface area contributed by atoms with Gasteiger partial charge < -0.3 is 5.11 Å². The van der Waals surface area contributed by atoms with E-state index in [4.69, 9.17) is 5.11 Å². The fourth-order valence-corrected chi connectivity index (χ4v) is 1.73. The van der Waals surface area contributed by atoms with E-state index in [9.17, 15) is 13.2 Å². The molecular formula is C9H16F3NO. The summed E-state index contributed by atoms with van der Waals surface area (Å²) < 4.78 is 36.1. The molecule has 1 aliphatic heterocycles. The summed E-state index contributed by atoms with van der Waals surface area (Å²) in [5.74, 6) is 0. The van der Waals surface area contributed by atoms with E-state index in [1.807, 2.05) is 13.8 Å². The van der Waals surface area contributed by atoms with Crippen LogP contribution in [0.1, 0.15) is 20.3 Å². The van der Waals surface area contributed by atoms with Gasteiger partial charge in [-0.3, -0.25) is 4.90 Å². The number of β-amino-alcohol motifs (C(OH)–C–C–N with tert-alkyl or cyclic N) is 1. The van der Waals surface area contributed by atoms with Crippen molar-refractivity contribution in [2.24, 2.45) is 5.41 Å². The van der Waals surface area contributed by atoms with Crippen molar-refractivity contribution in [1.29, 1.82) is 0 Å². The molecule has 1 unspecified atom stereocenters. The van der Waals surface area contributed by atoms with Crippen LogP contribution in [-0.2, 0) is 0 Å². The minimum absolute atomic E-state index is 0.0747. The Kier molecular flexibility index (Phi) is 3.11. The van der Waals surface area contributed by atoms with E-state index in [-0.39, 0.29) is 12.0 Å². The standard InChI is InChI=1S/C9H16F3NO/c1-8(2)3-4-13(6-8)5-7(14)9(10,11)12/h7,14H,3-6H2,1-2H3. The number of aliphatic hydroxyl groups excluding tert-OH is 1. The van der Waals surface area contributed by atoms with Crippen LogP contribution in [0.5, 0.6) is 0 Å². The summed E-state index contributed by atoms with van der Waals surface area (Å²) in [6, 6.07) is 0. The first kappa shape index (κ1) is 11.8. The second-order valence-electron chi connectivity index (χ2n) is 4.71. The molecule has 2 nitrogen and oxygen atoms in total. The van der Waals surface area contributed by atoms with Crippen molar-refractivity contribution in [3.05, 3.63) is 0 Å². The Morgan fingerprint density at radius 2 is 2.00 bits per heavy atom. The lowest BCUT2D eigenvalue weighted by molar-refractivity contribution is -0.207. The fraction of sp³-hybridized carbons (Fsp3) is 1.00. The smallest absolute Gasteiger partial charge is 0.382 e. The van der Waals surface area contributed by atoms with Crippen LogP contribution >= 0.6 is 0 Å². The van der Waals surface area contributed by atoms with Crippen molar-refractivity contribution >= 4 is 0 Å². The summed E-state index contributed by atoms with van der Waals surface area (Å²) in [4.78, 5) is 1.66. The minimum atomic E-state index is -4.49. The van der Waals surface area contributed by atoms with E-state index in [0.29, 0.717) is 13.1 Å². The Morgan fingerprint density at radius 1 is 1.43 bits per heavy atom. The number of nitrogens with zero attached hydrogens (tertiary/aromatic N) is 1. The van der Waals surface area contributed by atoms with E-state index >= 15 is 0 Å². The van der Waals surface area contributed by atoms with E-state index in [1.165, 1.54) is 0 Å². The van der Waals surface area contributed by atoms with E-state index in [2.05, 4.69) is 0 Å². The summed E-state index contributed by atoms with van der Waals surface area (Å²) in [6.45, 7) is 5.01. The van der Waals surface area contributed by atoms with Crippen molar-refractivity contribution in [2.45, 2.75) is 32.5 Å². The highest BCUT2D eigenvalue weighted by Crippen LogP contribution is 2.30. The van der Waals surface area contributed by atoms with Crippen molar-refractivity contribution in [1.82, 2.24) is 4.90 Å². The van der Waals surface area contributed by atoms with E-state index < -0.39 is 12.3 Å². The van der Waals surface area contributed by atoms with E-state index in [1.54, 1.807) is 4.90 Å². The third kappa shape index (κ3) is 3.13. The summed E-state index contributed by atoms with van der Waals surface area (Å²) in [6.07, 6.45) is -5.82. The quantitative estimate of drug-likeness (QED) is 0.750. The van der Waals surface area contributed by atoms with Crippen LogP contribution in [0.25, 0.3) is 0 Å². The Labute approximate surface area is 81.7 Å². The molecule has 0 aliphatic carbocycles. The molecule has 0 aromatic heterocycles. The summed E-state index contributed by atoms with van der Waals surface area (Å²) in [5, 5.41) is 8.85. The molecule has 1 rings (SSSR count). The second kappa shape index (κ2) is 3.70. The molecule has 0 saturated carbocycles. The van der Waals surface area contributed by atoms with Crippen LogP contribution in [0.4, 0.5) is 13.2 Å². The lowest BCUT2D eigenvalue weighted by atomic mass is 9.93. The zero-order valence-electron chi connectivity index (χ0n) is 8.43. The molecule has 1 N–H and O–H groups in total. The lowest BCUT2D eigenvalue weighted by Crippen LogP contribution is -2.40. The van der Waals surface area contributed by atoms with E-state index in [0.717, 1.165) is 6.42 Å². The third-order valence-corrected chi connectivity index (χ3v) is 2.57. The van der Waals surface area contributed by atoms with Gasteiger partial charge >= 0.3 is 6.18 Å². The topological polar surface area (TPSA) is 23.5 Å². The van der Waals surface area contributed by atoms with Crippen molar-refractivity contribution < 1.29 is 18.3 Å². The number of halogens is 3. The van der Waals surface area contributed by atoms with Crippen LogP contribution in [0.15, 0.2) is 0 Å². The Balaban J connectivity index is 2.40. The Bertz CT molecular complexity index is 203. The van der Waals surface area contributed by atoms with Gasteiger partial charge in [0.1, 0.15) is 0 Å². The van der Waals surface area contributed by atoms with Gasteiger partial charge in [0.15, 0.2) is 6.10 Å². The fourth-order valence-electron chi connectivity index (χ4n) is 1.73. The highest BCUT2D eigenvalue weighted by atomic mass is 19.4. The van der Waals surface area contributed by atoms with Crippen LogP contribution in [-0.4, -0.2) is 41.9 Å². The maximum Gasteiger partial charge on any atom is 0.415 e. The van der Waals surface area contributed by atoms with Crippen LogP contribution in [0.3, 0.4) is 0 Å². The SMILES string of the molecule is CC1(C)CCN(CC(O)C(F)(F)F)C1. The number of alkyl halides is 3. The molecule has 0 bridgehead atoms. The third-order valence-electron chi connectivity index (χ3n) is 2.57. The number of likely N-dealkylation sites (tertiary alicyclic amines) is 1. The number of hydrogen-bond donors (Lipinski definition) is 1. The van der Waals surface area contributed by atoms with Crippen molar-refractivity contribution in [3.63, 3.8) is 0 Å². The first-order valence-electron chi connectivity index (χ1n) is 4.68. The molecule has 1 heterocycles. The van der Waals surface area contributed by atoms with Gasteiger partial charge in [0.05, 0.1) is 0 Å². The van der Waals surface area contributed by atoms with Gasteiger partial charge in [0.25, 0.3) is 0 Å². The van der Waals surface area contributed by atoms with Gasteiger partial charge in [0.2, 0.25) is 0 Å². The van der Waals surface area contributed by atoms with Gasteiger partial charge in [-0.1, -0.05) is 13.8 Å². The molecule has 0 aromatic rings. The van der Waals surface area contributed by atoms with Gasteiger partial charge in [-0.05, 0) is 18.4 Å². The Morgan fingerprint density at radius 3 is 2.36 bits per heavy atom. The molecule has 0 amide bonds. The molecule has 0 radical (unpaired) electrons. The number of hydrogen-bond acceptors (Lipinski definition) is 2. The Hall–Kier alpha value is -0.290. The van der Waals surface area contributed by atoms with Crippen LogP contribution < -0.4 is 0 Å². The highest BCUT2D eigenvalue weighted by molar-refractivity contribution is 4.84. The zero-order chi connectivity index (χ0) is 11.0. The second-order valence-corrected chi connectivity index (χ2v) is 4.71. The normalized spacial score (nSPS) is 25.3.